The Kier molecular flexibility index (Phi) is 3.66. The van der Waals surface area contributed by atoms with Gasteiger partial charge in [0.25, 0.3) is 10.0 Å². The summed E-state index contributed by atoms with van der Waals surface area (Å²) >= 11 is 0.869. The summed E-state index contributed by atoms with van der Waals surface area (Å²) in [6.07, 6.45) is 0. The SMILES string of the molecule is O=S(=O)(Nc1nc2c(F)cc(F)cc2s1)c1ccc2ccccc2c1. The lowest BCUT2D eigenvalue weighted by molar-refractivity contribution is 0.590. The zero-order valence-electron chi connectivity index (χ0n) is 12.5. The molecule has 0 aliphatic heterocycles. The van der Waals surface area contributed by atoms with Crippen LogP contribution in [0.5, 0.6) is 0 Å². The zero-order valence-corrected chi connectivity index (χ0v) is 14.2. The number of hydrogen-bond donors (Lipinski definition) is 1. The number of fused-ring (bicyclic) bond motifs is 2. The van der Waals surface area contributed by atoms with E-state index >= 15 is 0 Å². The predicted molar refractivity (Wildman–Crippen MR) is 94.3 cm³/mol. The topological polar surface area (TPSA) is 59.1 Å². The first kappa shape index (κ1) is 15.9. The minimum Gasteiger partial charge on any atom is -0.255 e. The van der Waals surface area contributed by atoms with Gasteiger partial charge < -0.3 is 0 Å². The second-order valence-electron chi connectivity index (χ2n) is 5.37. The lowest BCUT2D eigenvalue weighted by Gasteiger charge is -2.06. The van der Waals surface area contributed by atoms with Crippen molar-refractivity contribution >= 4 is 47.5 Å². The number of thiazole rings is 1. The summed E-state index contributed by atoms with van der Waals surface area (Å²) in [5, 5.41) is 1.68. The third kappa shape index (κ3) is 2.94. The number of anilines is 1. The van der Waals surface area contributed by atoms with Gasteiger partial charge in [0.05, 0.1) is 9.60 Å². The van der Waals surface area contributed by atoms with Crippen molar-refractivity contribution in [3.8, 4) is 0 Å². The Morgan fingerprint density at radius 3 is 2.52 bits per heavy atom. The molecule has 0 atom stereocenters. The zero-order chi connectivity index (χ0) is 17.6. The molecule has 8 heteroatoms. The largest absolute Gasteiger partial charge is 0.263 e. The molecule has 1 heterocycles. The molecular weight excluding hydrogens is 366 g/mol. The lowest BCUT2D eigenvalue weighted by Crippen LogP contribution is -2.12. The van der Waals surface area contributed by atoms with Crippen molar-refractivity contribution in [2.45, 2.75) is 4.90 Å². The maximum absolute atomic E-state index is 13.7. The third-order valence-electron chi connectivity index (χ3n) is 3.67. The molecule has 0 radical (unpaired) electrons. The van der Waals surface area contributed by atoms with Crippen LogP contribution in [0.3, 0.4) is 0 Å². The van der Waals surface area contributed by atoms with E-state index in [1.165, 1.54) is 6.07 Å². The molecule has 0 amide bonds. The molecule has 126 valence electrons. The van der Waals surface area contributed by atoms with E-state index in [0.29, 0.717) is 6.07 Å². The van der Waals surface area contributed by atoms with Gasteiger partial charge in [-0.2, -0.15) is 0 Å². The molecule has 0 aliphatic carbocycles. The molecule has 0 spiro atoms. The summed E-state index contributed by atoms with van der Waals surface area (Å²) in [6.45, 7) is 0. The van der Waals surface area contributed by atoms with Crippen molar-refractivity contribution in [3.63, 3.8) is 0 Å². The van der Waals surface area contributed by atoms with Crippen LogP contribution in [-0.4, -0.2) is 13.4 Å². The van der Waals surface area contributed by atoms with Crippen molar-refractivity contribution < 1.29 is 17.2 Å². The van der Waals surface area contributed by atoms with Crippen molar-refractivity contribution in [3.05, 3.63) is 66.2 Å². The summed E-state index contributed by atoms with van der Waals surface area (Å²) in [7, 11) is -3.89. The van der Waals surface area contributed by atoms with Crippen LogP contribution < -0.4 is 4.72 Å². The molecule has 4 rings (SSSR count). The smallest absolute Gasteiger partial charge is 0.255 e. The van der Waals surface area contributed by atoms with Gasteiger partial charge in [-0.05, 0) is 29.0 Å². The number of aromatic nitrogens is 1. The van der Waals surface area contributed by atoms with E-state index in [-0.39, 0.29) is 20.2 Å². The molecule has 0 bridgehead atoms. The van der Waals surface area contributed by atoms with Crippen LogP contribution in [0, 0.1) is 11.6 Å². The summed E-state index contributed by atoms with van der Waals surface area (Å²) in [5.74, 6) is -1.57. The van der Waals surface area contributed by atoms with Gasteiger partial charge in [0.15, 0.2) is 10.9 Å². The first-order valence-corrected chi connectivity index (χ1v) is 9.49. The predicted octanol–water partition coefficient (Wildman–Crippen LogP) is 4.53. The van der Waals surface area contributed by atoms with E-state index in [0.717, 1.165) is 28.2 Å². The van der Waals surface area contributed by atoms with Gasteiger partial charge in [0.2, 0.25) is 0 Å². The van der Waals surface area contributed by atoms with Crippen LogP contribution in [-0.2, 0) is 10.0 Å². The van der Waals surface area contributed by atoms with Gasteiger partial charge >= 0.3 is 0 Å². The van der Waals surface area contributed by atoms with Gasteiger partial charge in [0, 0.05) is 6.07 Å². The fourth-order valence-electron chi connectivity index (χ4n) is 2.51. The Bertz CT molecular complexity index is 1220. The van der Waals surface area contributed by atoms with Crippen LogP contribution in [0.25, 0.3) is 21.0 Å². The molecule has 25 heavy (non-hydrogen) atoms. The Labute approximate surface area is 145 Å². The van der Waals surface area contributed by atoms with Crippen LogP contribution in [0.15, 0.2) is 59.5 Å². The molecular formula is C17H10F2N2O2S2. The van der Waals surface area contributed by atoms with E-state index in [4.69, 9.17) is 0 Å². The van der Waals surface area contributed by atoms with Crippen LogP contribution in [0.4, 0.5) is 13.9 Å². The number of nitrogens with one attached hydrogen (secondary N) is 1. The Hall–Kier alpha value is -2.58. The number of rotatable bonds is 3. The minimum absolute atomic E-state index is 0.0207. The summed E-state index contributed by atoms with van der Waals surface area (Å²) < 4.78 is 54.7. The highest BCUT2D eigenvalue weighted by Crippen LogP contribution is 2.30. The van der Waals surface area contributed by atoms with E-state index < -0.39 is 21.7 Å². The Morgan fingerprint density at radius 1 is 0.960 bits per heavy atom. The molecule has 1 N–H and O–H groups in total. The van der Waals surface area contributed by atoms with Crippen LogP contribution in [0.2, 0.25) is 0 Å². The lowest BCUT2D eigenvalue weighted by atomic mass is 10.1. The monoisotopic (exact) mass is 376 g/mol. The fraction of sp³-hybridized carbons (Fsp3) is 0. The second kappa shape index (κ2) is 5.75. The molecule has 0 saturated heterocycles. The maximum Gasteiger partial charge on any atom is 0.263 e. The third-order valence-corrected chi connectivity index (χ3v) is 6.05. The van der Waals surface area contributed by atoms with Gasteiger partial charge in [-0.1, -0.05) is 41.7 Å². The fourth-order valence-corrected chi connectivity index (χ4v) is 4.68. The first-order chi connectivity index (χ1) is 11.9. The highest BCUT2D eigenvalue weighted by molar-refractivity contribution is 7.93. The molecule has 4 aromatic rings. The number of halogens is 2. The van der Waals surface area contributed by atoms with Crippen molar-refractivity contribution in [2.75, 3.05) is 4.72 Å². The summed E-state index contributed by atoms with van der Waals surface area (Å²) in [6, 6.07) is 13.9. The molecule has 4 nitrogen and oxygen atoms in total. The number of benzene rings is 3. The van der Waals surface area contributed by atoms with Gasteiger partial charge in [-0.3, -0.25) is 4.72 Å². The average molecular weight is 376 g/mol. The van der Waals surface area contributed by atoms with Crippen molar-refractivity contribution in [2.24, 2.45) is 0 Å². The Morgan fingerprint density at radius 2 is 1.72 bits per heavy atom. The van der Waals surface area contributed by atoms with Gasteiger partial charge in [-0.25, -0.2) is 22.2 Å². The summed E-state index contributed by atoms with van der Waals surface area (Å²) in [5.41, 5.74) is -0.0670. The van der Waals surface area contributed by atoms with Crippen LogP contribution >= 0.6 is 11.3 Å². The van der Waals surface area contributed by atoms with Crippen LogP contribution in [0.1, 0.15) is 0 Å². The van der Waals surface area contributed by atoms with E-state index in [1.54, 1.807) is 12.1 Å². The molecule has 1 aromatic heterocycles. The van der Waals surface area contributed by atoms with E-state index in [1.807, 2.05) is 24.3 Å². The van der Waals surface area contributed by atoms with Crippen molar-refractivity contribution in [1.29, 1.82) is 0 Å². The highest BCUT2D eigenvalue weighted by atomic mass is 32.2. The molecule has 0 unspecified atom stereocenters. The van der Waals surface area contributed by atoms with E-state index in [9.17, 15) is 17.2 Å². The minimum atomic E-state index is -3.89. The average Bonchev–Trinajstić information content (AvgIpc) is 2.96. The van der Waals surface area contributed by atoms with Crippen molar-refractivity contribution in [1.82, 2.24) is 4.98 Å². The molecule has 0 fully saturated rings. The van der Waals surface area contributed by atoms with Gasteiger partial charge in [0.1, 0.15) is 11.3 Å². The Balaban J connectivity index is 1.74. The first-order valence-electron chi connectivity index (χ1n) is 7.20. The number of sulfonamides is 1. The van der Waals surface area contributed by atoms with E-state index in [2.05, 4.69) is 9.71 Å². The quantitative estimate of drug-likeness (QED) is 0.572. The normalized spacial score (nSPS) is 11.9. The second-order valence-corrected chi connectivity index (χ2v) is 8.08. The maximum atomic E-state index is 13.7. The number of nitrogens with zero attached hydrogens (tertiary/aromatic N) is 1. The molecule has 0 saturated carbocycles. The number of hydrogen-bond acceptors (Lipinski definition) is 4. The standard InChI is InChI=1S/C17H10F2N2O2S2/c18-12-8-14(19)16-15(9-12)24-17(20-16)21-25(22,23)13-6-5-10-3-1-2-4-11(10)7-13/h1-9H,(H,20,21). The summed E-state index contributed by atoms with van der Waals surface area (Å²) in [4.78, 5) is 3.98. The molecule has 3 aromatic carbocycles. The molecule has 0 aliphatic rings. The van der Waals surface area contributed by atoms with Gasteiger partial charge in [-0.15, -0.1) is 0 Å². The highest BCUT2D eigenvalue weighted by Gasteiger charge is 2.18.